The fourth-order valence-corrected chi connectivity index (χ4v) is 2.83. The van der Waals surface area contributed by atoms with Gasteiger partial charge in [0.25, 0.3) is 0 Å². The molecule has 0 saturated heterocycles. The zero-order chi connectivity index (χ0) is 12.5. The second kappa shape index (κ2) is 6.09. The predicted octanol–water partition coefficient (Wildman–Crippen LogP) is 4.12. The zero-order valence-corrected chi connectivity index (χ0v) is 13.3. The van der Waals surface area contributed by atoms with E-state index in [-0.39, 0.29) is 18.4 Å². The average Bonchev–Trinajstić information content (AvgIpc) is 3.00. The quantitative estimate of drug-likeness (QED) is 0.826. The summed E-state index contributed by atoms with van der Waals surface area (Å²) in [7, 11) is -1.49. The lowest BCUT2D eigenvalue weighted by Crippen LogP contribution is -2.29. The first-order valence-corrected chi connectivity index (χ1v) is 9.89. The van der Waals surface area contributed by atoms with E-state index in [1.807, 2.05) is 0 Å². The molecule has 1 saturated carbocycles. The molecule has 0 amide bonds. The molecule has 0 heterocycles. The van der Waals surface area contributed by atoms with Crippen LogP contribution in [-0.4, -0.2) is 8.32 Å². The second-order valence-corrected chi connectivity index (χ2v) is 10.5. The molecule has 0 radical (unpaired) electrons. The van der Waals surface area contributed by atoms with E-state index in [1.54, 1.807) is 0 Å². The van der Waals surface area contributed by atoms with Gasteiger partial charge in [0.2, 0.25) is 8.32 Å². The zero-order valence-electron chi connectivity index (χ0n) is 11.5. The molecule has 1 atom stereocenters. The Morgan fingerprint density at radius 3 is 2.22 bits per heavy atom. The first-order valence-electron chi connectivity index (χ1n) is 6.48. The smallest absolute Gasteiger partial charge is 0.242 e. The first-order chi connectivity index (χ1) is 7.94. The summed E-state index contributed by atoms with van der Waals surface area (Å²) < 4.78 is 5.93. The van der Waals surface area contributed by atoms with Crippen LogP contribution in [-0.2, 0) is 0 Å². The topological polar surface area (TPSA) is 35.2 Å². The monoisotopic (exact) mass is 285 g/mol. The van der Waals surface area contributed by atoms with E-state index < -0.39 is 8.32 Å². The van der Waals surface area contributed by atoms with Gasteiger partial charge in [0, 0.05) is 6.04 Å². The SMILES string of the molecule is C[Si](C)(C)Oc1ccc([C@@H](N)CC2CC2)cc1.Cl. The summed E-state index contributed by atoms with van der Waals surface area (Å²) in [5.41, 5.74) is 7.42. The lowest BCUT2D eigenvalue weighted by molar-refractivity contribution is 0.555. The second-order valence-electron chi connectivity index (χ2n) is 6.07. The van der Waals surface area contributed by atoms with Crippen LogP contribution in [0, 0.1) is 5.92 Å². The third kappa shape index (κ3) is 5.00. The van der Waals surface area contributed by atoms with Crippen molar-refractivity contribution in [3.8, 4) is 5.75 Å². The Bertz CT molecular complexity index is 370. The highest BCUT2D eigenvalue weighted by Gasteiger charge is 2.24. The molecular formula is C14H24ClNOSi. The summed E-state index contributed by atoms with van der Waals surface area (Å²) in [5, 5.41) is 0. The molecule has 2 rings (SSSR count). The van der Waals surface area contributed by atoms with Crippen LogP contribution in [0.5, 0.6) is 5.75 Å². The van der Waals surface area contributed by atoms with Gasteiger partial charge in [-0.05, 0) is 49.7 Å². The molecule has 4 heteroatoms. The van der Waals surface area contributed by atoms with Crippen molar-refractivity contribution >= 4 is 20.7 Å². The highest BCUT2D eigenvalue weighted by Crippen LogP contribution is 2.36. The number of nitrogens with two attached hydrogens (primary N) is 1. The third-order valence-corrected chi connectivity index (χ3v) is 3.86. The number of halogens is 1. The van der Waals surface area contributed by atoms with Crippen molar-refractivity contribution in [2.75, 3.05) is 0 Å². The minimum absolute atomic E-state index is 0. The van der Waals surface area contributed by atoms with E-state index in [0.29, 0.717) is 0 Å². The molecule has 1 aromatic carbocycles. The molecule has 1 aliphatic rings. The lowest BCUT2D eigenvalue weighted by Gasteiger charge is -2.20. The lowest BCUT2D eigenvalue weighted by atomic mass is 10.0. The molecule has 1 aliphatic carbocycles. The Kier molecular flexibility index (Phi) is 5.26. The van der Waals surface area contributed by atoms with E-state index in [2.05, 4.69) is 43.9 Å². The van der Waals surface area contributed by atoms with E-state index in [1.165, 1.54) is 18.4 Å². The third-order valence-electron chi connectivity index (χ3n) is 3.02. The van der Waals surface area contributed by atoms with Gasteiger partial charge in [0.1, 0.15) is 5.75 Å². The standard InChI is InChI=1S/C14H23NOSi.ClH/c1-17(2,3)16-13-8-6-12(7-9-13)14(15)10-11-4-5-11;/h6-9,11,14H,4-5,10,15H2,1-3H3;1H/t14-;/m0./s1. The Morgan fingerprint density at radius 1 is 1.22 bits per heavy atom. The molecule has 2 N–H and O–H groups in total. The van der Waals surface area contributed by atoms with Crippen molar-refractivity contribution in [3.05, 3.63) is 29.8 Å². The van der Waals surface area contributed by atoms with Crippen LogP contribution in [0.2, 0.25) is 19.6 Å². The average molecular weight is 286 g/mol. The van der Waals surface area contributed by atoms with Gasteiger partial charge in [-0.3, -0.25) is 0 Å². The molecule has 102 valence electrons. The summed E-state index contributed by atoms with van der Waals surface area (Å²) in [4.78, 5) is 0. The fourth-order valence-electron chi connectivity index (χ4n) is 1.99. The molecule has 2 nitrogen and oxygen atoms in total. The maximum atomic E-state index is 6.18. The number of hydrogen-bond acceptors (Lipinski definition) is 2. The summed E-state index contributed by atoms with van der Waals surface area (Å²) >= 11 is 0. The van der Waals surface area contributed by atoms with Gasteiger partial charge >= 0.3 is 0 Å². The van der Waals surface area contributed by atoms with Gasteiger partial charge in [0.05, 0.1) is 0 Å². The van der Waals surface area contributed by atoms with Gasteiger partial charge in [0.15, 0.2) is 0 Å². The molecule has 1 fully saturated rings. The van der Waals surface area contributed by atoms with Gasteiger partial charge in [-0.1, -0.05) is 25.0 Å². The van der Waals surface area contributed by atoms with E-state index in [4.69, 9.17) is 10.2 Å². The van der Waals surface area contributed by atoms with Crippen molar-refractivity contribution in [1.29, 1.82) is 0 Å². The van der Waals surface area contributed by atoms with Crippen molar-refractivity contribution in [2.24, 2.45) is 11.7 Å². The summed E-state index contributed by atoms with van der Waals surface area (Å²) in [6.45, 7) is 6.58. The van der Waals surface area contributed by atoms with E-state index in [9.17, 15) is 0 Å². The molecular weight excluding hydrogens is 262 g/mol. The van der Waals surface area contributed by atoms with E-state index >= 15 is 0 Å². The van der Waals surface area contributed by atoms with Gasteiger partial charge in [-0.25, -0.2) is 0 Å². The van der Waals surface area contributed by atoms with Crippen LogP contribution in [0.4, 0.5) is 0 Å². The number of rotatable bonds is 5. The summed E-state index contributed by atoms with van der Waals surface area (Å²) in [6, 6.07) is 8.54. The van der Waals surface area contributed by atoms with Crippen molar-refractivity contribution in [2.45, 2.75) is 44.9 Å². The van der Waals surface area contributed by atoms with Gasteiger partial charge in [-0.15, -0.1) is 12.4 Å². The fraction of sp³-hybridized carbons (Fsp3) is 0.571. The largest absolute Gasteiger partial charge is 0.544 e. The highest BCUT2D eigenvalue weighted by atomic mass is 35.5. The van der Waals surface area contributed by atoms with Crippen LogP contribution in [0.1, 0.15) is 30.9 Å². The normalized spacial score (nSPS) is 16.9. The molecule has 1 aromatic rings. The van der Waals surface area contributed by atoms with E-state index in [0.717, 1.165) is 18.1 Å². The molecule has 0 unspecified atom stereocenters. The maximum absolute atomic E-state index is 6.18. The van der Waals surface area contributed by atoms with Gasteiger partial charge in [-0.2, -0.15) is 0 Å². The Labute approximate surface area is 117 Å². The van der Waals surface area contributed by atoms with Crippen LogP contribution >= 0.6 is 12.4 Å². The van der Waals surface area contributed by atoms with Crippen molar-refractivity contribution in [3.63, 3.8) is 0 Å². The Balaban J connectivity index is 0.00000162. The minimum Gasteiger partial charge on any atom is -0.544 e. The van der Waals surface area contributed by atoms with Crippen LogP contribution in [0.15, 0.2) is 24.3 Å². The Morgan fingerprint density at radius 2 is 1.78 bits per heavy atom. The maximum Gasteiger partial charge on any atom is 0.242 e. The Hall–Kier alpha value is -0.513. The first kappa shape index (κ1) is 15.5. The predicted molar refractivity (Wildman–Crippen MR) is 81.9 cm³/mol. The number of benzene rings is 1. The highest BCUT2D eigenvalue weighted by molar-refractivity contribution is 6.70. The minimum atomic E-state index is -1.49. The van der Waals surface area contributed by atoms with Crippen LogP contribution in [0.25, 0.3) is 0 Å². The van der Waals surface area contributed by atoms with Crippen LogP contribution < -0.4 is 10.2 Å². The van der Waals surface area contributed by atoms with Crippen molar-refractivity contribution < 1.29 is 4.43 Å². The molecule has 0 aromatic heterocycles. The van der Waals surface area contributed by atoms with Crippen molar-refractivity contribution in [1.82, 2.24) is 0 Å². The number of hydrogen-bond donors (Lipinski definition) is 1. The van der Waals surface area contributed by atoms with Gasteiger partial charge < -0.3 is 10.2 Å². The summed E-state index contributed by atoms with van der Waals surface area (Å²) in [5.74, 6) is 1.86. The molecule has 0 spiro atoms. The molecule has 18 heavy (non-hydrogen) atoms. The summed E-state index contributed by atoms with van der Waals surface area (Å²) in [6.07, 6.45) is 3.86. The van der Waals surface area contributed by atoms with Crippen LogP contribution in [0.3, 0.4) is 0 Å². The molecule has 0 bridgehead atoms. The molecule has 0 aliphatic heterocycles.